The van der Waals surface area contributed by atoms with Crippen molar-refractivity contribution in [3.63, 3.8) is 0 Å². The highest BCUT2D eigenvalue weighted by molar-refractivity contribution is 6.30. The van der Waals surface area contributed by atoms with Gasteiger partial charge in [-0.3, -0.25) is 14.9 Å². The standard InChI is InChI=1S/C15H13ClN2O3/c1-10(11-4-2-6-13(16)8-11)17-15(19)12-5-3-7-14(9-12)18(20)21/h2-10H,1H3,(H,17,19)/t10-/m0/s1. The van der Waals surface area contributed by atoms with Gasteiger partial charge in [0.2, 0.25) is 0 Å². The molecule has 0 fully saturated rings. The molecule has 1 amide bonds. The van der Waals surface area contributed by atoms with Gasteiger partial charge in [-0.2, -0.15) is 0 Å². The van der Waals surface area contributed by atoms with E-state index >= 15 is 0 Å². The van der Waals surface area contributed by atoms with Gasteiger partial charge in [0.1, 0.15) is 0 Å². The van der Waals surface area contributed by atoms with Crippen molar-refractivity contribution in [1.29, 1.82) is 0 Å². The molecule has 0 bridgehead atoms. The van der Waals surface area contributed by atoms with Gasteiger partial charge in [0.05, 0.1) is 11.0 Å². The lowest BCUT2D eigenvalue weighted by Gasteiger charge is -2.14. The molecule has 0 aliphatic carbocycles. The second-order valence-corrected chi connectivity index (χ2v) is 4.99. The van der Waals surface area contributed by atoms with Crippen LogP contribution in [0.4, 0.5) is 5.69 Å². The Bertz CT molecular complexity index is 688. The number of amides is 1. The van der Waals surface area contributed by atoms with Crippen LogP contribution in [0.1, 0.15) is 28.9 Å². The summed E-state index contributed by atoms with van der Waals surface area (Å²) in [5.74, 6) is -0.369. The minimum Gasteiger partial charge on any atom is -0.346 e. The minimum absolute atomic E-state index is 0.113. The Balaban J connectivity index is 2.14. The minimum atomic E-state index is -0.531. The van der Waals surface area contributed by atoms with Crippen LogP contribution in [0.15, 0.2) is 48.5 Å². The van der Waals surface area contributed by atoms with Crippen molar-refractivity contribution in [3.8, 4) is 0 Å². The number of rotatable bonds is 4. The summed E-state index contributed by atoms with van der Waals surface area (Å²) in [7, 11) is 0. The first kappa shape index (κ1) is 15.0. The van der Waals surface area contributed by atoms with Gasteiger partial charge in [0.25, 0.3) is 11.6 Å². The number of nitrogens with one attached hydrogen (secondary N) is 1. The highest BCUT2D eigenvalue weighted by Crippen LogP contribution is 2.19. The molecule has 2 aromatic rings. The molecule has 0 aromatic heterocycles. The Kier molecular flexibility index (Phi) is 4.55. The van der Waals surface area contributed by atoms with Crippen LogP contribution in [-0.2, 0) is 0 Å². The molecular weight excluding hydrogens is 292 g/mol. The Hall–Kier alpha value is -2.40. The second-order valence-electron chi connectivity index (χ2n) is 4.56. The van der Waals surface area contributed by atoms with Crippen molar-refractivity contribution >= 4 is 23.2 Å². The van der Waals surface area contributed by atoms with Gasteiger partial charge in [-0.15, -0.1) is 0 Å². The van der Waals surface area contributed by atoms with Crippen LogP contribution in [0, 0.1) is 10.1 Å². The van der Waals surface area contributed by atoms with E-state index in [0.717, 1.165) is 5.56 Å². The predicted molar refractivity (Wildman–Crippen MR) is 80.4 cm³/mol. The summed E-state index contributed by atoms with van der Waals surface area (Å²) in [6.45, 7) is 1.82. The van der Waals surface area contributed by atoms with Gasteiger partial charge < -0.3 is 5.32 Å². The summed E-state index contributed by atoms with van der Waals surface area (Å²) in [4.78, 5) is 22.3. The number of benzene rings is 2. The average Bonchev–Trinajstić information content (AvgIpc) is 2.47. The first-order chi connectivity index (χ1) is 9.97. The molecule has 0 aliphatic rings. The lowest BCUT2D eigenvalue weighted by molar-refractivity contribution is -0.384. The molecule has 21 heavy (non-hydrogen) atoms. The lowest BCUT2D eigenvalue weighted by Crippen LogP contribution is -2.26. The number of hydrogen-bond acceptors (Lipinski definition) is 3. The second kappa shape index (κ2) is 6.37. The van der Waals surface area contributed by atoms with Gasteiger partial charge in [-0.05, 0) is 30.7 Å². The molecule has 1 atom stereocenters. The van der Waals surface area contributed by atoms with Gasteiger partial charge in [0, 0.05) is 22.7 Å². The number of hydrogen-bond donors (Lipinski definition) is 1. The van der Waals surface area contributed by atoms with E-state index in [2.05, 4.69) is 5.32 Å². The molecule has 6 heteroatoms. The molecule has 0 saturated heterocycles. The van der Waals surface area contributed by atoms with Crippen LogP contribution in [0.5, 0.6) is 0 Å². The van der Waals surface area contributed by atoms with Crippen LogP contribution in [-0.4, -0.2) is 10.8 Å². The highest BCUT2D eigenvalue weighted by atomic mass is 35.5. The Morgan fingerprint density at radius 3 is 2.62 bits per heavy atom. The van der Waals surface area contributed by atoms with Crippen molar-refractivity contribution in [2.45, 2.75) is 13.0 Å². The largest absolute Gasteiger partial charge is 0.346 e. The first-order valence-electron chi connectivity index (χ1n) is 6.28. The zero-order valence-electron chi connectivity index (χ0n) is 11.2. The molecule has 1 N–H and O–H groups in total. The van der Waals surface area contributed by atoms with Crippen molar-refractivity contribution < 1.29 is 9.72 Å². The maximum absolute atomic E-state index is 12.1. The fourth-order valence-corrected chi connectivity index (χ4v) is 2.10. The van der Waals surface area contributed by atoms with Gasteiger partial charge in [-0.25, -0.2) is 0 Å². The first-order valence-corrected chi connectivity index (χ1v) is 6.66. The van der Waals surface area contributed by atoms with E-state index in [-0.39, 0.29) is 23.2 Å². The molecular formula is C15H13ClN2O3. The third-order valence-electron chi connectivity index (χ3n) is 3.02. The molecule has 108 valence electrons. The van der Waals surface area contributed by atoms with Gasteiger partial charge >= 0.3 is 0 Å². The third-order valence-corrected chi connectivity index (χ3v) is 3.25. The zero-order valence-corrected chi connectivity index (χ0v) is 12.0. The molecule has 0 radical (unpaired) electrons. The Morgan fingerprint density at radius 1 is 1.24 bits per heavy atom. The van der Waals surface area contributed by atoms with Gasteiger partial charge in [-0.1, -0.05) is 29.8 Å². The van der Waals surface area contributed by atoms with Crippen LogP contribution in [0.25, 0.3) is 0 Å². The number of halogens is 1. The van der Waals surface area contributed by atoms with E-state index < -0.39 is 4.92 Å². The van der Waals surface area contributed by atoms with E-state index in [9.17, 15) is 14.9 Å². The van der Waals surface area contributed by atoms with Crippen molar-refractivity contribution in [2.75, 3.05) is 0 Å². The van der Waals surface area contributed by atoms with Crippen LogP contribution in [0.2, 0.25) is 5.02 Å². The molecule has 5 nitrogen and oxygen atoms in total. The normalized spacial score (nSPS) is 11.7. The monoisotopic (exact) mass is 304 g/mol. The summed E-state index contributed by atoms with van der Waals surface area (Å²) >= 11 is 5.91. The van der Waals surface area contributed by atoms with Crippen molar-refractivity contribution in [3.05, 3.63) is 74.8 Å². The summed E-state index contributed by atoms with van der Waals surface area (Å²) in [5, 5.41) is 14.1. The molecule has 0 aliphatic heterocycles. The molecule has 0 saturated carbocycles. The highest BCUT2D eigenvalue weighted by Gasteiger charge is 2.14. The molecule has 0 heterocycles. The van der Waals surface area contributed by atoms with Crippen LogP contribution >= 0.6 is 11.6 Å². The summed E-state index contributed by atoms with van der Waals surface area (Å²) in [6.07, 6.45) is 0. The van der Waals surface area contributed by atoms with E-state index in [4.69, 9.17) is 11.6 Å². The summed E-state index contributed by atoms with van der Waals surface area (Å²) in [5.41, 5.74) is 0.998. The SMILES string of the molecule is C[C@H](NC(=O)c1cccc([N+](=O)[O-])c1)c1cccc(Cl)c1. The number of carbonyl (C=O) groups is 1. The molecule has 2 rings (SSSR count). The number of nitrogens with zero attached hydrogens (tertiary/aromatic N) is 1. The van der Waals surface area contributed by atoms with Gasteiger partial charge in [0.15, 0.2) is 0 Å². The van der Waals surface area contributed by atoms with Crippen LogP contribution < -0.4 is 5.32 Å². The molecule has 0 unspecified atom stereocenters. The number of nitro groups is 1. The molecule has 2 aromatic carbocycles. The van der Waals surface area contributed by atoms with Crippen molar-refractivity contribution in [1.82, 2.24) is 5.32 Å². The van der Waals surface area contributed by atoms with E-state index in [1.165, 1.54) is 24.3 Å². The van der Waals surface area contributed by atoms with E-state index in [0.29, 0.717) is 5.02 Å². The third kappa shape index (κ3) is 3.79. The van der Waals surface area contributed by atoms with Crippen molar-refractivity contribution in [2.24, 2.45) is 0 Å². The quantitative estimate of drug-likeness (QED) is 0.691. The molecule has 0 spiro atoms. The maximum atomic E-state index is 12.1. The summed E-state index contributed by atoms with van der Waals surface area (Å²) in [6, 6.07) is 12.5. The zero-order chi connectivity index (χ0) is 15.4. The lowest BCUT2D eigenvalue weighted by atomic mass is 10.1. The number of nitro benzene ring substituents is 1. The number of non-ortho nitro benzene ring substituents is 1. The fourth-order valence-electron chi connectivity index (χ4n) is 1.90. The van der Waals surface area contributed by atoms with E-state index in [1.54, 1.807) is 18.2 Å². The van der Waals surface area contributed by atoms with E-state index in [1.807, 2.05) is 13.0 Å². The van der Waals surface area contributed by atoms with Crippen LogP contribution in [0.3, 0.4) is 0 Å². The average molecular weight is 305 g/mol. The smallest absolute Gasteiger partial charge is 0.270 e. The Labute approximate surface area is 126 Å². The summed E-state index contributed by atoms with van der Waals surface area (Å²) < 4.78 is 0. The predicted octanol–water partition coefficient (Wildman–Crippen LogP) is 3.74. The number of carbonyl (C=O) groups excluding carboxylic acids is 1. The fraction of sp³-hybridized carbons (Fsp3) is 0.133. The topological polar surface area (TPSA) is 72.2 Å². The maximum Gasteiger partial charge on any atom is 0.270 e. The Morgan fingerprint density at radius 2 is 1.95 bits per heavy atom.